The molecule has 40 heavy (non-hydrogen) atoms. The molecule has 1 aliphatic heterocycles. The van der Waals surface area contributed by atoms with Crippen LogP contribution in [0.3, 0.4) is 0 Å². The standard InChI is InChI=1S/C21H25FN4O2S2.C8H10O2/c1-3-13-4-6-16-14(8-13)12-29-17(21(24)26(16)18(23)10-22)9-19-25-11-15(30-19)5-7-20(27)28-2;1-9-7-5-3-4-6-8(7)10-2/h4,6,8,11,17,23-24H,3,5,7,9-10,12H2,1-2H3;3-6H,1-2H3/t17-;/m0./s1. The van der Waals surface area contributed by atoms with Gasteiger partial charge in [0.25, 0.3) is 0 Å². The maximum absolute atomic E-state index is 13.4. The van der Waals surface area contributed by atoms with E-state index in [1.807, 2.05) is 36.4 Å². The number of nitrogens with zero attached hydrogens (tertiary/aromatic N) is 2. The van der Waals surface area contributed by atoms with Crippen LogP contribution in [0.4, 0.5) is 10.1 Å². The van der Waals surface area contributed by atoms with Crippen molar-refractivity contribution in [1.29, 1.82) is 10.8 Å². The summed E-state index contributed by atoms with van der Waals surface area (Å²) in [5, 5.41) is 17.5. The first-order valence-electron chi connectivity index (χ1n) is 12.8. The zero-order valence-electron chi connectivity index (χ0n) is 23.2. The summed E-state index contributed by atoms with van der Waals surface area (Å²) < 4.78 is 28.1. The van der Waals surface area contributed by atoms with Gasteiger partial charge in [0.15, 0.2) is 11.5 Å². The summed E-state index contributed by atoms with van der Waals surface area (Å²) in [6.45, 7) is 1.15. The second-order valence-electron chi connectivity index (χ2n) is 8.77. The molecule has 11 heteroatoms. The summed E-state index contributed by atoms with van der Waals surface area (Å²) in [4.78, 5) is 18.2. The molecule has 214 valence electrons. The zero-order chi connectivity index (χ0) is 29.1. The number of ether oxygens (including phenoxy) is 3. The van der Waals surface area contributed by atoms with Gasteiger partial charge in [-0.25, -0.2) is 9.37 Å². The number of fused-ring (bicyclic) bond motifs is 1. The van der Waals surface area contributed by atoms with Crippen LogP contribution in [-0.4, -0.2) is 55.9 Å². The summed E-state index contributed by atoms with van der Waals surface area (Å²) in [5.41, 5.74) is 2.91. The minimum atomic E-state index is -0.927. The topological polar surface area (TPSA) is 109 Å². The Balaban J connectivity index is 0.000000371. The monoisotopic (exact) mass is 586 g/mol. The Morgan fingerprint density at radius 2 is 1.85 bits per heavy atom. The number of thioether (sulfide) groups is 1. The van der Waals surface area contributed by atoms with E-state index in [1.54, 1.807) is 32.2 Å². The van der Waals surface area contributed by atoms with Gasteiger partial charge < -0.3 is 14.2 Å². The lowest BCUT2D eigenvalue weighted by Crippen LogP contribution is -2.42. The molecule has 0 aliphatic carbocycles. The average molecular weight is 587 g/mol. The first kappa shape index (κ1) is 31.1. The van der Waals surface area contributed by atoms with Crippen molar-refractivity contribution >= 4 is 46.4 Å². The smallest absolute Gasteiger partial charge is 0.305 e. The van der Waals surface area contributed by atoms with Crippen molar-refractivity contribution < 1.29 is 23.4 Å². The number of methoxy groups -OCH3 is 3. The van der Waals surface area contributed by atoms with Crippen LogP contribution in [0.15, 0.2) is 48.7 Å². The van der Waals surface area contributed by atoms with E-state index in [4.69, 9.17) is 20.3 Å². The van der Waals surface area contributed by atoms with Crippen molar-refractivity contribution in [3.05, 3.63) is 69.7 Å². The third-order valence-electron chi connectivity index (χ3n) is 6.23. The van der Waals surface area contributed by atoms with Gasteiger partial charge in [0, 0.05) is 23.2 Å². The third kappa shape index (κ3) is 8.04. The molecule has 0 bridgehead atoms. The van der Waals surface area contributed by atoms with Crippen LogP contribution >= 0.6 is 23.1 Å². The van der Waals surface area contributed by atoms with E-state index in [-0.39, 0.29) is 22.9 Å². The van der Waals surface area contributed by atoms with Gasteiger partial charge in [0.05, 0.1) is 43.7 Å². The normalized spacial score (nSPS) is 14.4. The number of para-hydroxylation sites is 2. The predicted octanol–water partition coefficient (Wildman–Crippen LogP) is 6.10. The molecule has 4 rings (SSSR count). The lowest BCUT2D eigenvalue weighted by atomic mass is 10.1. The predicted molar refractivity (Wildman–Crippen MR) is 161 cm³/mol. The Labute approximate surface area is 242 Å². The number of hydrogen-bond acceptors (Lipinski definition) is 9. The number of anilines is 1. The Kier molecular flexibility index (Phi) is 12.0. The van der Waals surface area contributed by atoms with E-state index in [0.29, 0.717) is 30.7 Å². The number of alkyl halides is 1. The van der Waals surface area contributed by atoms with Crippen LogP contribution in [-0.2, 0) is 34.5 Å². The van der Waals surface area contributed by atoms with Crippen molar-refractivity contribution in [3.8, 4) is 11.5 Å². The van der Waals surface area contributed by atoms with Crippen LogP contribution in [0.1, 0.15) is 34.4 Å². The van der Waals surface area contributed by atoms with Gasteiger partial charge in [-0.05, 0) is 42.2 Å². The highest BCUT2D eigenvalue weighted by Gasteiger charge is 2.31. The van der Waals surface area contributed by atoms with Crippen LogP contribution < -0.4 is 14.4 Å². The summed E-state index contributed by atoms with van der Waals surface area (Å²) in [7, 11) is 4.62. The van der Waals surface area contributed by atoms with Crippen molar-refractivity contribution in [2.45, 2.75) is 43.6 Å². The quantitative estimate of drug-likeness (QED) is 0.177. The molecule has 0 radical (unpaired) electrons. The number of halogens is 1. The summed E-state index contributed by atoms with van der Waals surface area (Å²) in [6, 6.07) is 13.5. The number of carbonyl (C=O) groups excluding carboxylic acids is 1. The van der Waals surface area contributed by atoms with E-state index in [1.165, 1.54) is 28.9 Å². The number of esters is 1. The van der Waals surface area contributed by atoms with Gasteiger partial charge >= 0.3 is 5.97 Å². The molecule has 2 N–H and O–H groups in total. The molecule has 0 fully saturated rings. The van der Waals surface area contributed by atoms with Gasteiger partial charge in [-0.2, -0.15) is 0 Å². The third-order valence-corrected chi connectivity index (χ3v) is 8.58. The van der Waals surface area contributed by atoms with Crippen molar-refractivity contribution in [2.24, 2.45) is 0 Å². The molecule has 3 aromatic rings. The number of amidine groups is 2. The van der Waals surface area contributed by atoms with Crippen molar-refractivity contribution in [1.82, 2.24) is 4.98 Å². The molecule has 1 atom stereocenters. The van der Waals surface area contributed by atoms with Crippen LogP contribution in [0.5, 0.6) is 11.5 Å². The fraction of sp³-hybridized carbons (Fsp3) is 0.379. The molecule has 0 saturated heterocycles. The number of aryl methyl sites for hydroxylation is 2. The average Bonchev–Trinajstić information content (AvgIpc) is 3.40. The highest BCUT2D eigenvalue weighted by Crippen LogP contribution is 2.36. The van der Waals surface area contributed by atoms with Crippen molar-refractivity contribution in [2.75, 3.05) is 32.9 Å². The van der Waals surface area contributed by atoms with Crippen LogP contribution in [0.25, 0.3) is 0 Å². The molecule has 0 unspecified atom stereocenters. The Morgan fingerprint density at radius 1 is 1.15 bits per heavy atom. The van der Waals surface area contributed by atoms with E-state index in [2.05, 4.69) is 22.7 Å². The first-order valence-corrected chi connectivity index (χ1v) is 14.6. The van der Waals surface area contributed by atoms with Gasteiger partial charge in [0.1, 0.15) is 18.3 Å². The summed E-state index contributed by atoms with van der Waals surface area (Å²) >= 11 is 3.14. The lowest BCUT2D eigenvalue weighted by molar-refractivity contribution is -0.140. The lowest BCUT2D eigenvalue weighted by Gasteiger charge is -2.27. The van der Waals surface area contributed by atoms with E-state index < -0.39 is 6.67 Å². The van der Waals surface area contributed by atoms with E-state index >= 15 is 0 Å². The zero-order valence-corrected chi connectivity index (χ0v) is 24.8. The number of hydrogen-bond donors (Lipinski definition) is 2. The molecule has 1 aromatic heterocycles. The second-order valence-corrected chi connectivity index (χ2v) is 11.2. The first-order chi connectivity index (χ1) is 19.3. The Morgan fingerprint density at radius 3 is 2.45 bits per heavy atom. The molecule has 0 amide bonds. The van der Waals surface area contributed by atoms with Crippen LogP contribution in [0, 0.1) is 10.8 Å². The van der Waals surface area contributed by atoms with Gasteiger partial charge in [-0.15, -0.1) is 23.1 Å². The second kappa shape index (κ2) is 15.4. The molecule has 0 spiro atoms. The molecule has 1 aliphatic rings. The summed E-state index contributed by atoms with van der Waals surface area (Å²) in [6.07, 6.45) is 4.06. The maximum Gasteiger partial charge on any atom is 0.305 e. The molecule has 8 nitrogen and oxygen atoms in total. The molecule has 0 saturated carbocycles. The molecule has 2 heterocycles. The van der Waals surface area contributed by atoms with Gasteiger partial charge in [-0.3, -0.25) is 20.5 Å². The molecular weight excluding hydrogens is 551 g/mol. The summed E-state index contributed by atoms with van der Waals surface area (Å²) in [5.74, 6) is 1.95. The number of thiazole rings is 1. The number of benzene rings is 2. The van der Waals surface area contributed by atoms with Crippen LogP contribution in [0.2, 0.25) is 0 Å². The minimum Gasteiger partial charge on any atom is -0.493 e. The number of rotatable bonds is 9. The molecule has 2 aromatic carbocycles. The minimum absolute atomic E-state index is 0.206. The SMILES string of the molecule is CCc1ccc2c(c1)CS[C@@H](Cc1ncc(CCC(=O)OC)s1)C(=N)N2C(=N)CF.COc1ccccc1OC. The van der Waals surface area contributed by atoms with Crippen molar-refractivity contribution in [3.63, 3.8) is 0 Å². The number of carbonyl (C=O) groups is 1. The van der Waals surface area contributed by atoms with Gasteiger partial charge in [-0.1, -0.05) is 31.2 Å². The molecular formula is C29H35FN4O4S2. The fourth-order valence-corrected chi connectivity index (χ4v) is 6.30. The largest absolute Gasteiger partial charge is 0.493 e. The van der Waals surface area contributed by atoms with Gasteiger partial charge in [0.2, 0.25) is 0 Å². The van der Waals surface area contributed by atoms with E-state index in [0.717, 1.165) is 33.4 Å². The Bertz CT molecular complexity index is 1290. The number of aromatic nitrogens is 1. The van der Waals surface area contributed by atoms with E-state index in [9.17, 15) is 9.18 Å². The maximum atomic E-state index is 13.4. The Hall–Kier alpha value is -3.44. The number of nitrogens with one attached hydrogen (secondary N) is 2. The highest BCUT2D eigenvalue weighted by atomic mass is 32.2. The fourth-order valence-electron chi connectivity index (χ4n) is 4.07. The highest BCUT2D eigenvalue weighted by molar-refractivity contribution is 7.99.